The molecule has 0 aliphatic heterocycles. The van der Waals surface area contributed by atoms with Crippen LogP contribution < -0.4 is 5.32 Å². The average Bonchev–Trinajstić information content (AvgIpc) is 2.12. The normalized spacial score (nSPS) is 11.6. The lowest BCUT2D eigenvalue weighted by atomic mass is 10.1. The molecule has 0 aromatic heterocycles. The summed E-state index contributed by atoms with van der Waals surface area (Å²) in [7, 11) is 0. The second-order valence-electron chi connectivity index (χ2n) is 4.08. The van der Waals surface area contributed by atoms with Gasteiger partial charge in [0.1, 0.15) is 0 Å². The lowest BCUT2D eigenvalue weighted by molar-refractivity contribution is -0.138. The second-order valence-corrected chi connectivity index (χ2v) is 4.08. The molecule has 96 valence electrons. The van der Waals surface area contributed by atoms with Crippen LogP contribution >= 0.6 is 0 Å². The van der Waals surface area contributed by atoms with E-state index in [1.54, 1.807) is 0 Å². The van der Waals surface area contributed by atoms with E-state index in [0.29, 0.717) is 6.04 Å². The van der Waals surface area contributed by atoms with Crippen LogP contribution in [0.15, 0.2) is 0 Å². The van der Waals surface area contributed by atoms with E-state index in [2.05, 4.69) is 5.32 Å². The molecule has 5 heteroatoms. The van der Waals surface area contributed by atoms with Gasteiger partial charge >= 0.3 is 11.9 Å². The van der Waals surface area contributed by atoms with Gasteiger partial charge in [0.2, 0.25) is 0 Å². The number of hydrogen-bond acceptors (Lipinski definition) is 3. The topological polar surface area (TPSA) is 86.6 Å². The Bertz CT molecular complexity index is 204. The highest BCUT2D eigenvalue weighted by Gasteiger charge is 1.99. The van der Waals surface area contributed by atoms with Crippen molar-refractivity contribution in [3.8, 4) is 0 Å². The molecule has 0 fully saturated rings. The molecule has 0 saturated heterocycles. The van der Waals surface area contributed by atoms with Crippen molar-refractivity contribution in [1.82, 2.24) is 5.32 Å². The van der Waals surface area contributed by atoms with Crippen LogP contribution in [0.4, 0.5) is 0 Å². The molecule has 0 aromatic rings. The van der Waals surface area contributed by atoms with Gasteiger partial charge in [-0.05, 0) is 19.3 Å². The number of nitrogens with one attached hydrogen (secondary N) is 1. The molecule has 0 rings (SSSR count). The van der Waals surface area contributed by atoms with Crippen molar-refractivity contribution in [2.75, 3.05) is 6.54 Å². The minimum atomic E-state index is -0.796. The van der Waals surface area contributed by atoms with Crippen LogP contribution in [0.2, 0.25) is 0 Å². The summed E-state index contributed by atoms with van der Waals surface area (Å²) in [4.78, 5) is 19.8. The number of carboxylic acid groups (broad SMARTS) is 2. The van der Waals surface area contributed by atoms with Crippen LogP contribution in [0.1, 0.15) is 40.5 Å². The molecule has 1 atom stereocenters. The Morgan fingerprint density at radius 2 is 1.62 bits per heavy atom. The third kappa shape index (κ3) is 18.6. The third-order valence-corrected chi connectivity index (χ3v) is 1.80. The Morgan fingerprint density at radius 1 is 1.12 bits per heavy atom. The predicted octanol–water partition coefficient (Wildman–Crippen LogP) is 1.58. The number of carbonyl (C=O) groups is 2. The van der Waals surface area contributed by atoms with E-state index < -0.39 is 11.9 Å². The molecule has 1 unspecified atom stereocenters. The highest BCUT2D eigenvalue weighted by molar-refractivity contribution is 5.69. The van der Waals surface area contributed by atoms with E-state index in [4.69, 9.17) is 10.2 Å². The SMILES string of the molecule is CC(C)CC(=O)O.CCC(C)NCC(=O)O. The molecule has 5 nitrogen and oxygen atoms in total. The molecular formula is C11H23NO4. The molecule has 0 spiro atoms. The van der Waals surface area contributed by atoms with E-state index in [1.807, 2.05) is 27.7 Å². The minimum Gasteiger partial charge on any atom is -0.481 e. The molecule has 0 radical (unpaired) electrons. The van der Waals surface area contributed by atoms with Gasteiger partial charge in [0, 0.05) is 12.5 Å². The number of rotatable bonds is 6. The quantitative estimate of drug-likeness (QED) is 0.648. The summed E-state index contributed by atoms with van der Waals surface area (Å²) in [5.74, 6) is -1.23. The summed E-state index contributed by atoms with van der Waals surface area (Å²) in [6.45, 7) is 7.81. The Morgan fingerprint density at radius 3 is 1.81 bits per heavy atom. The molecule has 0 bridgehead atoms. The Hall–Kier alpha value is -1.10. The molecule has 0 aromatic carbocycles. The molecule has 0 aliphatic carbocycles. The van der Waals surface area contributed by atoms with Gasteiger partial charge in [-0.15, -0.1) is 0 Å². The molecule has 0 saturated carbocycles. The van der Waals surface area contributed by atoms with Gasteiger partial charge in [0.25, 0.3) is 0 Å². The van der Waals surface area contributed by atoms with Crippen LogP contribution in [0.3, 0.4) is 0 Å². The molecule has 0 heterocycles. The van der Waals surface area contributed by atoms with Crippen molar-refractivity contribution in [2.24, 2.45) is 5.92 Å². The molecule has 16 heavy (non-hydrogen) atoms. The maximum absolute atomic E-state index is 9.96. The summed E-state index contributed by atoms with van der Waals surface area (Å²) in [6, 6.07) is 0.307. The maximum Gasteiger partial charge on any atom is 0.317 e. The number of aliphatic carboxylic acids is 2. The zero-order valence-corrected chi connectivity index (χ0v) is 10.5. The highest BCUT2D eigenvalue weighted by Crippen LogP contribution is 1.96. The Kier molecular flexibility index (Phi) is 11.3. The highest BCUT2D eigenvalue weighted by atomic mass is 16.4. The van der Waals surface area contributed by atoms with Gasteiger partial charge in [0.05, 0.1) is 6.54 Å². The van der Waals surface area contributed by atoms with Gasteiger partial charge in [0.15, 0.2) is 0 Å². The summed E-state index contributed by atoms with van der Waals surface area (Å²) >= 11 is 0. The minimum absolute atomic E-state index is 0.0645. The first kappa shape index (κ1) is 17.3. The third-order valence-electron chi connectivity index (χ3n) is 1.80. The average molecular weight is 233 g/mol. The zero-order chi connectivity index (χ0) is 13.1. The predicted molar refractivity (Wildman–Crippen MR) is 62.5 cm³/mol. The smallest absolute Gasteiger partial charge is 0.317 e. The van der Waals surface area contributed by atoms with Gasteiger partial charge in [-0.1, -0.05) is 20.8 Å². The van der Waals surface area contributed by atoms with Gasteiger partial charge < -0.3 is 15.5 Å². The number of carboxylic acids is 2. The molecular weight excluding hydrogens is 210 g/mol. The summed E-state index contributed by atoms with van der Waals surface area (Å²) in [5, 5.41) is 19.1. The largest absolute Gasteiger partial charge is 0.481 e. The van der Waals surface area contributed by atoms with E-state index in [-0.39, 0.29) is 18.9 Å². The van der Waals surface area contributed by atoms with Crippen molar-refractivity contribution >= 4 is 11.9 Å². The molecule has 0 amide bonds. The van der Waals surface area contributed by atoms with Crippen molar-refractivity contribution in [1.29, 1.82) is 0 Å². The fourth-order valence-electron chi connectivity index (χ4n) is 0.755. The van der Waals surface area contributed by atoms with Crippen LogP contribution in [0.5, 0.6) is 0 Å². The van der Waals surface area contributed by atoms with Crippen LogP contribution in [-0.4, -0.2) is 34.7 Å². The zero-order valence-electron chi connectivity index (χ0n) is 10.5. The summed E-state index contributed by atoms with van der Waals surface area (Å²) < 4.78 is 0. The first-order valence-electron chi connectivity index (χ1n) is 5.46. The summed E-state index contributed by atoms with van der Waals surface area (Å²) in [5.41, 5.74) is 0. The second kappa shape index (κ2) is 10.4. The van der Waals surface area contributed by atoms with E-state index in [1.165, 1.54) is 0 Å². The van der Waals surface area contributed by atoms with Crippen molar-refractivity contribution < 1.29 is 19.8 Å². The van der Waals surface area contributed by atoms with E-state index in [0.717, 1.165) is 6.42 Å². The van der Waals surface area contributed by atoms with Gasteiger partial charge in [-0.25, -0.2) is 0 Å². The first-order valence-corrected chi connectivity index (χ1v) is 5.46. The monoisotopic (exact) mass is 233 g/mol. The Balaban J connectivity index is 0. The lowest BCUT2D eigenvalue weighted by Gasteiger charge is -2.07. The van der Waals surface area contributed by atoms with Gasteiger partial charge in [-0.2, -0.15) is 0 Å². The van der Waals surface area contributed by atoms with E-state index >= 15 is 0 Å². The van der Waals surface area contributed by atoms with Crippen LogP contribution in [-0.2, 0) is 9.59 Å². The van der Waals surface area contributed by atoms with Crippen LogP contribution in [0.25, 0.3) is 0 Å². The molecule has 3 N–H and O–H groups in total. The van der Waals surface area contributed by atoms with Crippen LogP contribution in [0, 0.1) is 5.92 Å². The standard InChI is InChI=1S/C6H13NO2.C5H10O2/c1-3-5(2)7-4-6(8)9;1-4(2)3-5(6)7/h5,7H,3-4H2,1-2H3,(H,8,9);4H,3H2,1-2H3,(H,6,7). The summed E-state index contributed by atoms with van der Waals surface area (Å²) in [6.07, 6.45) is 1.24. The Labute approximate surface area is 96.9 Å². The molecule has 0 aliphatic rings. The van der Waals surface area contributed by atoms with Crippen molar-refractivity contribution in [2.45, 2.75) is 46.6 Å². The first-order chi connectivity index (χ1) is 7.29. The lowest BCUT2D eigenvalue weighted by Crippen LogP contribution is -2.30. The van der Waals surface area contributed by atoms with Crippen molar-refractivity contribution in [3.05, 3.63) is 0 Å². The van der Waals surface area contributed by atoms with E-state index in [9.17, 15) is 9.59 Å². The van der Waals surface area contributed by atoms with Crippen molar-refractivity contribution in [3.63, 3.8) is 0 Å². The fourth-order valence-corrected chi connectivity index (χ4v) is 0.755. The van der Waals surface area contributed by atoms with Gasteiger partial charge in [-0.3, -0.25) is 9.59 Å². The number of hydrogen-bond donors (Lipinski definition) is 3. The maximum atomic E-state index is 9.96. The fraction of sp³-hybridized carbons (Fsp3) is 0.818.